The molecule has 146 valence electrons. The summed E-state index contributed by atoms with van der Waals surface area (Å²) in [6.07, 6.45) is 3.27. The SMILES string of the molecule is C=C(CCC(=O)c1ccc(-c2ccccc2)cc1)N1CCN(C/C=C\F)CC1. The molecule has 1 fully saturated rings. The first-order valence-electron chi connectivity index (χ1n) is 9.76. The van der Waals surface area contributed by atoms with Gasteiger partial charge in [-0.1, -0.05) is 61.2 Å². The number of allylic oxidation sites excluding steroid dienone is 1. The van der Waals surface area contributed by atoms with Crippen molar-refractivity contribution in [3.8, 4) is 11.1 Å². The van der Waals surface area contributed by atoms with Crippen molar-refractivity contribution >= 4 is 5.78 Å². The standard InChI is InChI=1S/C24H27FN2O/c1-20(27-18-16-26(17-19-27)15-5-14-25)8-13-24(28)23-11-9-22(10-12-23)21-6-3-2-4-7-21/h2-7,9-12,14H,1,8,13,15-19H2/b14-5-. The van der Waals surface area contributed by atoms with E-state index in [9.17, 15) is 9.18 Å². The van der Waals surface area contributed by atoms with Gasteiger partial charge < -0.3 is 4.90 Å². The van der Waals surface area contributed by atoms with Crippen molar-refractivity contribution in [3.05, 3.63) is 84.8 Å². The Balaban J connectivity index is 1.47. The van der Waals surface area contributed by atoms with E-state index in [0.717, 1.165) is 48.6 Å². The Kier molecular flexibility index (Phi) is 7.15. The number of hydrogen-bond donors (Lipinski definition) is 0. The van der Waals surface area contributed by atoms with E-state index < -0.39 is 0 Å². The Hall–Kier alpha value is -2.72. The molecule has 1 heterocycles. The molecule has 3 rings (SSSR count). The van der Waals surface area contributed by atoms with E-state index in [0.29, 0.717) is 25.7 Å². The quantitative estimate of drug-likeness (QED) is 0.609. The van der Waals surface area contributed by atoms with E-state index in [-0.39, 0.29) is 5.78 Å². The maximum absolute atomic E-state index is 12.5. The number of ketones is 1. The third-order valence-electron chi connectivity index (χ3n) is 5.23. The van der Waals surface area contributed by atoms with Crippen molar-refractivity contribution in [2.24, 2.45) is 0 Å². The lowest BCUT2D eigenvalue weighted by Crippen LogP contribution is -2.45. The molecular weight excluding hydrogens is 351 g/mol. The lowest BCUT2D eigenvalue weighted by molar-refractivity contribution is 0.0977. The molecule has 0 spiro atoms. The molecule has 3 nitrogen and oxygen atoms in total. The predicted molar refractivity (Wildman–Crippen MR) is 113 cm³/mol. The molecule has 2 aromatic rings. The minimum atomic E-state index is 0.146. The van der Waals surface area contributed by atoms with E-state index in [1.54, 1.807) is 0 Å². The Morgan fingerprint density at radius 2 is 1.57 bits per heavy atom. The van der Waals surface area contributed by atoms with Gasteiger partial charge in [-0.3, -0.25) is 9.69 Å². The Morgan fingerprint density at radius 1 is 0.929 bits per heavy atom. The minimum Gasteiger partial charge on any atom is -0.373 e. The second-order valence-electron chi connectivity index (χ2n) is 7.08. The zero-order valence-electron chi connectivity index (χ0n) is 16.2. The van der Waals surface area contributed by atoms with Crippen molar-refractivity contribution in [1.82, 2.24) is 9.80 Å². The summed E-state index contributed by atoms with van der Waals surface area (Å²) in [7, 11) is 0. The summed E-state index contributed by atoms with van der Waals surface area (Å²) in [5.74, 6) is 0.146. The topological polar surface area (TPSA) is 23.6 Å². The number of nitrogens with zero attached hydrogens (tertiary/aromatic N) is 2. The highest BCUT2D eigenvalue weighted by atomic mass is 19.1. The van der Waals surface area contributed by atoms with Crippen LogP contribution in [0.2, 0.25) is 0 Å². The highest BCUT2D eigenvalue weighted by molar-refractivity contribution is 5.96. The van der Waals surface area contributed by atoms with Crippen molar-refractivity contribution in [1.29, 1.82) is 0 Å². The van der Waals surface area contributed by atoms with Crippen molar-refractivity contribution in [2.75, 3.05) is 32.7 Å². The number of carbonyl (C=O) groups excluding carboxylic acids is 1. The second kappa shape index (κ2) is 10.00. The summed E-state index contributed by atoms with van der Waals surface area (Å²) in [5.41, 5.74) is 4.02. The lowest BCUT2D eigenvalue weighted by atomic mass is 10.0. The van der Waals surface area contributed by atoms with Gasteiger partial charge in [0.05, 0.1) is 6.33 Å². The van der Waals surface area contributed by atoms with Crippen LogP contribution in [0.1, 0.15) is 23.2 Å². The van der Waals surface area contributed by atoms with Gasteiger partial charge in [-0.15, -0.1) is 0 Å². The summed E-state index contributed by atoms with van der Waals surface area (Å²) in [5, 5.41) is 0. The first-order chi connectivity index (χ1) is 13.7. The molecule has 0 aliphatic carbocycles. The number of halogens is 1. The fourth-order valence-electron chi connectivity index (χ4n) is 3.48. The smallest absolute Gasteiger partial charge is 0.163 e. The molecular formula is C24H27FN2O. The highest BCUT2D eigenvalue weighted by Crippen LogP contribution is 2.21. The minimum absolute atomic E-state index is 0.146. The van der Waals surface area contributed by atoms with E-state index in [2.05, 4.69) is 28.5 Å². The molecule has 1 aliphatic rings. The maximum Gasteiger partial charge on any atom is 0.163 e. The van der Waals surface area contributed by atoms with Crippen LogP contribution in [0.4, 0.5) is 4.39 Å². The van der Waals surface area contributed by atoms with Crippen molar-refractivity contribution in [3.63, 3.8) is 0 Å². The van der Waals surface area contributed by atoms with E-state index in [1.807, 2.05) is 42.5 Å². The summed E-state index contributed by atoms with van der Waals surface area (Å²) < 4.78 is 12.1. The van der Waals surface area contributed by atoms with Crippen LogP contribution in [0.15, 0.2) is 79.3 Å². The van der Waals surface area contributed by atoms with Crippen LogP contribution in [0.25, 0.3) is 11.1 Å². The summed E-state index contributed by atoms with van der Waals surface area (Å²) in [4.78, 5) is 17.0. The zero-order chi connectivity index (χ0) is 19.8. The largest absolute Gasteiger partial charge is 0.373 e. The highest BCUT2D eigenvalue weighted by Gasteiger charge is 2.17. The lowest BCUT2D eigenvalue weighted by Gasteiger charge is -2.36. The van der Waals surface area contributed by atoms with Gasteiger partial charge in [-0.25, -0.2) is 4.39 Å². The Bertz CT molecular complexity index is 806. The van der Waals surface area contributed by atoms with Gasteiger partial charge in [0, 0.05) is 50.4 Å². The fraction of sp³-hybridized carbons (Fsp3) is 0.292. The molecule has 0 radical (unpaired) electrons. The zero-order valence-corrected chi connectivity index (χ0v) is 16.2. The summed E-state index contributed by atoms with van der Waals surface area (Å²) in [6.45, 7) is 8.34. The van der Waals surface area contributed by atoms with Gasteiger partial charge in [0.2, 0.25) is 0 Å². The van der Waals surface area contributed by atoms with Gasteiger partial charge in [0.1, 0.15) is 0 Å². The maximum atomic E-state index is 12.5. The number of rotatable bonds is 8. The van der Waals surface area contributed by atoms with E-state index in [4.69, 9.17) is 0 Å². The van der Waals surface area contributed by atoms with Crippen LogP contribution >= 0.6 is 0 Å². The summed E-state index contributed by atoms with van der Waals surface area (Å²) in [6, 6.07) is 18.0. The molecule has 4 heteroatoms. The van der Waals surface area contributed by atoms with Gasteiger partial charge in [-0.2, -0.15) is 0 Å². The van der Waals surface area contributed by atoms with Crippen molar-refractivity contribution < 1.29 is 9.18 Å². The molecule has 28 heavy (non-hydrogen) atoms. The van der Waals surface area contributed by atoms with Gasteiger partial charge in [-0.05, 0) is 23.6 Å². The number of Topliss-reactive ketones (excluding diaryl/α,β-unsaturated/α-hetero) is 1. The average molecular weight is 378 g/mol. The molecule has 0 bridgehead atoms. The van der Waals surface area contributed by atoms with Gasteiger partial charge in [0.25, 0.3) is 0 Å². The van der Waals surface area contributed by atoms with E-state index in [1.165, 1.54) is 6.08 Å². The van der Waals surface area contributed by atoms with Gasteiger partial charge in [0.15, 0.2) is 5.78 Å². The van der Waals surface area contributed by atoms with Crippen LogP contribution in [0.3, 0.4) is 0 Å². The third kappa shape index (κ3) is 5.40. The van der Waals surface area contributed by atoms with E-state index >= 15 is 0 Å². The fourth-order valence-corrected chi connectivity index (χ4v) is 3.48. The second-order valence-corrected chi connectivity index (χ2v) is 7.08. The number of hydrogen-bond acceptors (Lipinski definition) is 3. The molecule has 1 aliphatic heterocycles. The molecule has 0 N–H and O–H groups in total. The van der Waals surface area contributed by atoms with Crippen LogP contribution in [-0.2, 0) is 0 Å². The van der Waals surface area contributed by atoms with Gasteiger partial charge >= 0.3 is 0 Å². The predicted octanol–water partition coefficient (Wildman–Crippen LogP) is 4.93. The first kappa shape index (κ1) is 20.0. The molecule has 0 atom stereocenters. The molecule has 0 saturated carbocycles. The molecule has 0 unspecified atom stereocenters. The molecule has 0 amide bonds. The Labute approximate surface area is 166 Å². The van der Waals surface area contributed by atoms with Crippen LogP contribution in [0.5, 0.6) is 0 Å². The average Bonchev–Trinajstić information content (AvgIpc) is 2.77. The first-order valence-corrected chi connectivity index (χ1v) is 9.76. The normalized spacial score (nSPS) is 15.1. The number of carbonyl (C=O) groups is 1. The number of piperazine rings is 1. The third-order valence-corrected chi connectivity index (χ3v) is 5.23. The molecule has 0 aromatic heterocycles. The molecule has 2 aromatic carbocycles. The van der Waals surface area contributed by atoms with Crippen molar-refractivity contribution in [2.45, 2.75) is 12.8 Å². The summed E-state index contributed by atoms with van der Waals surface area (Å²) >= 11 is 0. The Morgan fingerprint density at radius 3 is 2.21 bits per heavy atom. The number of benzene rings is 2. The van der Waals surface area contributed by atoms with Crippen LogP contribution < -0.4 is 0 Å². The van der Waals surface area contributed by atoms with Crippen LogP contribution in [-0.4, -0.2) is 48.3 Å². The van der Waals surface area contributed by atoms with Crippen LogP contribution in [0, 0.1) is 0 Å². The monoisotopic (exact) mass is 378 g/mol. The molecule has 1 saturated heterocycles.